The smallest absolute Gasteiger partial charge is 0.243 e. The second kappa shape index (κ2) is 10.1. The Hall–Kier alpha value is -2.58. The summed E-state index contributed by atoms with van der Waals surface area (Å²) >= 11 is 3.02. The van der Waals surface area contributed by atoms with Gasteiger partial charge in [0.2, 0.25) is 11.8 Å². The summed E-state index contributed by atoms with van der Waals surface area (Å²) in [5.74, 6) is -0.156. The van der Waals surface area contributed by atoms with Crippen LogP contribution in [-0.2, 0) is 16.1 Å². The van der Waals surface area contributed by atoms with Crippen molar-refractivity contribution in [2.45, 2.75) is 59.0 Å². The first-order chi connectivity index (χ1) is 15.8. The largest absolute Gasteiger partial charge is 0.350 e. The van der Waals surface area contributed by atoms with Gasteiger partial charge in [-0.25, -0.2) is 4.98 Å². The van der Waals surface area contributed by atoms with Crippen molar-refractivity contribution in [1.29, 1.82) is 0 Å². The van der Waals surface area contributed by atoms with Gasteiger partial charge in [-0.3, -0.25) is 9.59 Å². The van der Waals surface area contributed by atoms with Gasteiger partial charge in [0.1, 0.15) is 6.04 Å². The molecule has 1 N–H and O–H groups in total. The maximum atomic E-state index is 13.5. The Labute approximate surface area is 203 Å². The first kappa shape index (κ1) is 23.6. The van der Waals surface area contributed by atoms with Crippen molar-refractivity contribution in [3.63, 3.8) is 0 Å². The molecule has 2 aromatic heterocycles. The fraction of sp³-hybridized carbons (Fsp3) is 0.440. The molecule has 1 unspecified atom stereocenters. The predicted octanol–water partition coefficient (Wildman–Crippen LogP) is 4.93. The number of aryl methyl sites for hydroxylation is 2. The standard InChI is InChI=1S/C25H30N4O2S2/c1-15(2)22(21-12-16(3)28-33-21)25(31)29-11-5-6-20(29)24(30)26-13-18-7-9-19(10-8-18)23-17(4)27-14-32-23/h7-10,12,14-15,20,22H,5-6,11,13H2,1-4H3,(H,26,30)/t20-,22?/m0/s1. The van der Waals surface area contributed by atoms with Gasteiger partial charge in [-0.05, 0) is 61.3 Å². The molecule has 3 aromatic rings. The van der Waals surface area contributed by atoms with Crippen molar-refractivity contribution in [3.05, 3.63) is 57.7 Å². The Morgan fingerprint density at radius 2 is 1.97 bits per heavy atom. The summed E-state index contributed by atoms with van der Waals surface area (Å²) in [6, 6.07) is 9.79. The summed E-state index contributed by atoms with van der Waals surface area (Å²) in [6.07, 6.45) is 1.55. The minimum Gasteiger partial charge on any atom is -0.350 e. The van der Waals surface area contributed by atoms with Crippen LogP contribution in [0.3, 0.4) is 0 Å². The number of thiazole rings is 1. The fourth-order valence-electron chi connectivity index (χ4n) is 4.41. The highest BCUT2D eigenvalue weighted by molar-refractivity contribution is 7.13. The molecule has 8 heteroatoms. The summed E-state index contributed by atoms with van der Waals surface area (Å²) in [5.41, 5.74) is 5.98. The molecule has 3 heterocycles. The van der Waals surface area contributed by atoms with E-state index in [0.717, 1.165) is 33.8 Å². The number of amides is 2. The highest BCUT2D eigenvalue weighted by atomic mass is 32.1. The fourth-order valence-corrected chi connectivity index (χ4v) is 6.23. The van der Waals surface area contributed by atoms with Crippen LogP contribution in [0.15, 0.2) is 35.8 Å². The molecule has 1 aliphatic rings. The molecular weight excluding hydrogens is 452 g/mol. The SMILES string of the molecule is Cc1cc(C(C(=O)N2CCC[C@H]2C(=O)NCc2ccc(-c3scnc3C)cc2)C(C)C)sn1. The summed E-state index contributed by atoms with van der Waals surface area (Å²) < 4.78 is 4.36. The second-order valence-electron chi connectivity index (χ2n) is 8.96. The predicted molar refractivity (Wildman–Crippen MR) is 133 cm³/mol. The third-order valence-electron chi connectivity index (χ3n) is 6.15. The van der Waals surface area contributed by atoms with E-state index >= 15 is 0 Å². The molecular formula is C25H30N4O2S2. The number of aromatic nitrogens is 2. The third-order valence-corrected chi connectivity index (χ3v) is 8.09. The molecule has 4 rings (SSSR count). The van der Waals surface area contributed by atoms with Crippen LogP contribution in [0.1, 0.15) is 54.4 Å². The maximum Gasteiger partial charge on any atom is 0.243 e. The van der Waals surface area contributed by atoms with Crippen LogP contribution >= 0.6 is 22.9 Å². The van der Waals surface area contributed by atoms with Crippen molar-refractivity contribution < 1.29 is 9.59 Å². The lowest BCUT2D eigenvalue weighted by Gasteiger charge is -2.29. The molecule has 0 aliphatic carbocycles. The Balaban J connectivity index is 1.40. The zero-order valence-corrected chi connectivity index (χ0v) is 21.1. The molecule has 2 amide bonds. The zero-order valence-electron chi connectivity index (χ0n) is 19.5. The maximum absolute atomic E-state index is 13.5. The quantitative estimate of drug-likeness (QED) is 0.518. The molecule has 0 spiro atoms. The second-order valence-corrected chi connectivity index (χ2v) is 10.7. The van der Waals surface area contributed by atoms with E-state index in [0.29, 0.717) is 19.5 Å². The van der Waals surface area contributed by atoms with E-state index in [4.69, 9.17) is 0 Å². The zero-order chi connectivity index (χ0) is 23.5. The topological polar surface area (TPSA) is 75.2 Å². The van der Waals surface area contributed by atoms with E-state index < -0.39 is 6.04 Å². The molecule has 1 aromatic carbocycles. The lowest BCUT2D eigenvalue weighted by molar-refractivity contribution is -0.140. The first-order valence-electron chi connectivity index (χ1n) is 11.4. The molecule has 2 atom stereocenters. The van der Waals surface area contributed by atoms with E-state index in [2.05, 4.69) is 40.7 Å². The molecule has 6 nitrogen and oxygen atoms in total. The van der Waals surface area contributed by atoms with Crippen molar-refractivity contribution in [2.75, 3.05) is 6.54 Å². The van der Waals surface area contributed by atoms with Gasteiger partial charge in [0.05, 0.1) is 27.7 Å². The van der Waals surface area contributed by atoms with Gasteiger partial charge in [0.15, 0.2) is 0 Å². The van der Waals surface area contributed by atoms with E-state index in [1.807, 2.05) is 37.6 Å². The van der Waals surface area contributed by atoms with Crippen LogP contribution in [-0.4, -0.2) is 38.7 Å². The van der Waals surface area contributed by atoms with Crippen molar-refractivity contribution in [3.8, 4) is 10.4 Å². The van der Waals surface area contributed by atoms with Crippen LogP contribution in [0.25, 0.3) is 10.4 Å². The Bertz CT molecular complexity index is 1120. The van der Waals surface area contributed by atoms with E-state index in [-0.39, 0.29) is 23.7 Å². The van der Waals surface area contributed by atoms with Gasteiger partial charge in [-0.1, -0.05) is 38.1 Å². The lowest BCUT2D eigenvalue weighted by atomic mass is 9.92. The highest BCUT2D eigenvalue weighted by Crippen LogP contribution is 2.33. The summed E-state index contributed by atoms with van der Waals surface area (Å²) in [4.78, 5) is 34.8. The number of carbonyl (C=O) groups excluding carboxylic acids is 2. The molecule has 1 aliphatic heterocycles. The Morgan fingerprint density at radius 1 is 1.21 bits per heavy atom. The Kier molecular flexibility index (Phi) is 7.24. The number of likely N-dealkylation sites (tertiary alicyclic amines) is 1. The van der Waals surface area contributed by atoms with Crippen LogP contribution in [0, 0.1) is 19.8 Å². The molecule has 1 saturated heterocycles. The average molecular weight is 483 g/mol. The number of carbonyl (C=O) groups is 2. The third kappa shape index (κ3) is 5.17. The molecule has 33 heavy (non-hydrogen) atoms. The summed E-state index contributed by atoms with van der Waals surface area (Å²) in [5, 5.41) is 3.05. The van der Waals surface area contributed by atoms with Crippen LogP contribution in [0.5, 0.6) is 0 Å². The van der Waals surface area contributed by atoms with Gasteiger partial charge in [-0.15, -0.1) is 11.3 Å². The van der Waals surface area contributed by atoms with Crippen molar-refractivity contribution in [1.82, 2.24) is 19.6 Å². The van der Waals surface area contributed by atoms with E-state index in [9.17, 15) is 9.59 Å². The average Bonchev–Trinajstić information content (AvgIpc) is 3.53. The number of hydrogen-bond donors (Lipinski definition) is 1. The van der Waals surface area contributed by atoms with Gasteiger partial charge < -0.3 is 10.2 Å². The minimum atomic E-state index is -0.410. The lowest BCUT2D eigenvalue weighted by Crippen LogP contribution is -2.47. The van der Waals surface area contributed by atoms with E-state index in [1.54, 1.807) is 16.2 Å². The van der Waals surface area contributed by atoms with Crippen molar-refractivity contribution in [2.24, 2.45) is 5.92 Å². The molecule has 0 radical (unpaired) electrons. The number of hydrogen-bond acceptors (Lipinski definition) is 6. The van der Waals surface area contributed by atoms with Gasteiger partial charge >= 0.3 is 0 Å². The number of benzene rings is 1. The van der Waals surface area contributed by atoms with Crippen LogP contribution in [0.2, 0.25) is 0 Å². The minimum absolute atomic E-state index is 0.0376. The molecule has 0 bridgehead atoms. The number of rotatable bonds is 7. The van der Waals surface area contributed by atoms with Crippen molar-refractivity contribution >= 4 is 34.7 Å². The highest BCUT2D eigenvalue weighted by Gasteiger charge is 2.39. The van der Waals surface area contributed by atoms with Gasteiger partial charge in [0, 0.05) is 18.0 Å². The molecule has 1 fully saturated rings. The molecule has 0 saturated carbocycles. The Morgan fingerprint density at radius 3 is 2.58 bits per heavy atom. The van der Waals surface area contributed by atoms with Crippen LogP contribution < -0.4 is 5.32 Å². The van der Waals surface area contributed by atoms with Gasteiger partial charge in [-0.2, -0.15) is 4.37 Å². The van der Waals surface area contributed by atoms with E-state index in [1.165, 1.54) is 16.4 Å². The first-order valence-corrected chi connectivity index (χ1v) is 13.0. The number of nitrogens with one attached hydrogen (secondary N) is 1. The summed E-state index contributed by atoms with van der Waals surface area (Å²) in [7, 11) is 0. The molecule has 174 valence electrons. The summed E-state index contributed by atoms with van der Waals surface area (Å²) in [6.45, 7) is 9.13. The normalized spacial score (nSPS) is 16.9. The monoisotopic (exact) mass is 482 g/mol. The van der Waals surface area contributed by atoms with Gasteiger partial charge in [0.25, 0.3) is 0 Å². The van der Waals surface area contributed by atoms with Crippen LogP contribution in [0.4, 0.5) is 0 Å². The number of nitrogens with zero attached hydrogens (tertiary/aromatic N) is 3.